The van der Waals surface area contributed by atoms with Crippen molar-refractivity contribution < 1.29 is 0 Å². The Morgan fingerprint density at radius 3 is 2.35 bits per heavy atom. The topological polar surface area (TPSA) is 50.9 Å². The van der Waals surface area contributed by atoms with Gasteiger partial charge in [0.05, 0.1) is 17.2 Å². The Morgan fingerprint density at radius 1 is 1.25 bits per heavy atom. The number of aromatic nitrogens is 1. The Morgan fingerprint density at radius 2 is 1.90 bits per heavy atom. The summed E-state index contributed by atoms with van der Waals surface area (Å²) in [6, 6.07) is 8.94. The summed E-state index contributed by atoms with van der Waals surface area (Å²) in [4.78, 5) is 5.51. The summed E-state index contributed by atoms with van der Waals surface area (Å²) in [5.41, 5.74) is 8.67. The molecule has 0 radical (unpaired) electrons. The number of benzene rings is 1. The van der Waals surface area contributed by atoms with E-state index >= 15 is 0 Å². The van der Waals surface area contributed by atoms with Gasteiger partial charge in [-0.1, -0.05) is 45.0 Å². The number of hydrogen-bond donors (Lipinski definition) is 2. The first-order valence-electron chi connectivity index (χ1n) is 6.87. The van der Waals surface area contributed by atoms with Gasteiger partial charge >= 0.3 is 0 Å². The van der Waals surface area contributed by atoms with Crippen molar-refractivity contribution >= 4 is 11.3 Å². The van der Waals surface area contributed by atoms with Gasteiger partial charge in [0.1, 0.15) is 0 Å². The Bertz CT molecular complexity index is 552. The van der Waals surface area contributed by atoms with E-state index in [9.17, 15) is 0 Å². The maximum atomic E-state index is 5.71. The third-order valence-electron chi connectivity index (χ3n) is 3.56. The van der Waals surface area contributed by atoms with Crippen molar-refractivity contribution in [2.24, 2.45) is 5.84 Å². The van der Waals surface area contributed by atoms with E-state index in [-0.39, 0.29) is 11.5 Å². The summed E-state index contributed by atoms with van der Waals surface area (Å²) in [5, 5.41) is 0. The van der Waals surface area contributed by atoms with Crippen molar-refractivity contribution in [3.8, 4) is 0 Å². The fourth-order valence-corrected chi connectivity index (χ4v) is 3.11. The lowest BCUT2D eigenvalue weighted by molar-refractivity contribution is 0.556. The van der Waals surface area contributed by atoms with Crippen LogP contribution in [-0.4, -0.2) is 4.98 Å². The SMILES string of the molecule is Cc1ncsc1C(Cc1ccc(C(C)(C)C)cc1)NN. The Labute approximate surface area is 125 Å². The zero-order valence-electron chi connectivity index (χ0n) is 12.6. The molecule has 0 saturated carbocycles. The molecule has 2 aromatic rings. The second-order valence-corrected chi connectivity index (χ2v) is 7.06. The predicted molar refractivity (Wildman–Crippen MR) is 85.8 cm³/mol. The fraction of sp³-hybridized carbons (Fsp3) is 0.438. The molecular formula is C16H23N3S. The molecule has 3 N–H and O–H groups in total. The molecular weight excluding hydrogens is 266 g/mol. The van der Waals surface area contributed by atoms with Crippen molar-refractivity contribution in [2.45, 2.75) is 45.6 Å². The van der Waals surface area contributed by atoms with Crippen LogP contribution in [0.15, 0.2) is 29.8 Å². The summed E-state index contributed by atoms with van der Waals surface area (Å²) in [5.74, 6) is 5.71. The summed E-state index contributed by atoms with van der Waals surface area (Å²) in [7, 11) is 0. The minimum absolute atomic E-state index is 0.128. The second-order valence-electron chi connectivity index (χ2n) is 6.17. The maximum Gasteiger partial charge on any atom is 0.0798 e. The normalized spacial score (nSPS) is 13.4. The largest absolute Gasteiger partial charge is 0.271 e. The molecule has 4 heteroatoms. The molecule has 0 amide bonds. The van der Waals surface area contributed by atoms with Crippen LogP contribution in [-0.2, 0) is 11.8 Å². The van der Waals surface area contributed by atoms with Gasteiger partial charge in [-0.05, 0) is 29.9 Å². The molecule has 0 aliphatic rings. The standard InChI is InChI=1S/C16H23N3S/c1-11-15(20-10-18-11)14(19-17)9-12-5-7-13(8-6-12)16(2,3)4/h5-8,10,14,19H,9,17H2,1-4H3. The van der Waals surface area contributed by atoms with E-state index in [2.05, 4.69) is 55.4 Å². The number of thiazole rings is 1. The van der Waals surface area contributed by atoms with Crippen LogP contribution in [0.5, 0.6) is 0 Å². The van der Waals surface area contributed by atoms with Crippen LogP contribution >= 0.6 is 11.3 Å². The number of nitrogens with one attached hydrogen (secondary N) is 1. The molecule has 108 valence electrons. The van der Waals surface area contributed by atoms with Crippen LogP contribution in [0.4, 0.5) is 0 Å². The highest BCUT2D eigenvalue weighted by molar-refractivity contribution is 7.09. The van der Waals surface area contributed by atoms with Crippen molar-refractivity contribution in [3.05, 3.63) is 51.5 Å². The van der Waals surface area contributed by atoms with Crippen molar-refractivity contribution in [1.29, 1.82) is 0 Å². The van der Waals surface area contributed by atoms with Crippen LogP contribution < -0.4 is 11.3 Å². The van der Waals surface area contributed by atoms with Gasteiger partial charge in [0, 0.05) is 4.88 Å². The van der Waals surface area contributed by atoms with Gasteiger partial charge in [0.25, 0.3) is 0 Å². The second kappa shape index (κ2) is 6.04. The molecule has 0 bridgehead atoms. The van der Waals surface area contributed by atoms with Crippen molar-refractivity contribution in [1.82, 2.24) is 10.4 Å². The molecule has 1 aromatic heterocycles. The molecule has 1 heterocycles. The molecule has 0 fully saturated rings. The molecule has 0 spiro atoms. The Balaban J connectivity index is 2.15. The zero-order valence-corrected chi connectivity index (χ0v) is 13.4. The average molecular weight is 289 g/mol. The maximum absolute atomic E-state index is 5.71. The molecule has 3 nitrogen and oxygen atoms in total. The molecule has 1 aromatic carbocycles. The van der Waals surface area contributed by atoms with Crippen LogP contribution in [0.25, 0.3) is 0 Å². The Hall–Kier alpha value is -1.23. The van der Waals surface area contributed by atoms with Crippen LogP contribution in [0, 0.1) is 6.92 Å². The highest BCUT2D eigenvalue weighted by atomic mass is 32.1. The predicted octanol–water partition coefficient (Wildman–Crippen LogP) is 3.50. The third kappa shape index (κ3) is 3.45. The van der Waals surface area contributed by atoms with Crippen LogP contribution in [0.1, 0.15) is 48.5 Å². The summed E-state index contributed by atoms with van der Waals surface area (Å²) < 4.78 is 0. The highest BCUT2D eigenvalue weighted by Gasteiger charge is 2.17. The van der Waals surface area contributed by atoms with Crippen LogP contribution in [0.3, 0.4) is 0 Å². The number of aryl methyl sites for hydroxylation is 1. The van der Waals surface area contributed by atoms with Gasteiger partial charge in [-0.3, -0.25) is 11.3 Å². The fourth-order valence-electron chi connectivity index (χ4n) is 2.25. The smallest absolute Gasteiger partial charge is 0.0798 e. The lowest BCUT2D eigenvalue weighted by atomic mass is 9.86. The first-order chi connectivity index (χ1) is 9.41. The molecule has 1 atom stereocenters. The third-order valence-corrected chi connectivity index (χ3v) is 4.60. The lowest BCUT2D eigenvalue weighted by Gasteiger charge is -2.20. The molecule has 0 saturated heterocycles. The summed E-state index contributed by atoms with van der Waals surface area (Å²) >= 11 is 1.66. The minimum atomic E-state index is 0.128. The van der Waals surface area contributed by atoms with Gasteiger partial charge in [-0.2, -0.15) is 0 Å². The number of nitrogens with zero attached hydrogens (tertiary/aromatic N) is 1. The van der Waals surface area contributed by atoms with E-state index in [1.807, 2.05) is 12.4 Å². The number of hydrazine groups is 1. The van der Waals surface area contributed by atoms with Crippen molar-refractivity contribution in [2.75, 3.05) is 0 Å². The van der Waals surface area contributed by atoms with E-state index < -0.39 is 0 Å². The minimum Gasteiger partial charge on any atom is -0.271 e. The van der Waals surface area contributed by atoms with E-state index in [1.165, 1.54) is 16.0 Å². The zero-order chi connectivity index (χ0) is 14.8. The van der Waals surface area contributed by atoms with E-state index in [1.54, 1.807) is 11.3 Å². The van der Waals surface area contributed by atoms with Gasteiger partial charge in [-0.25, -0.2) is 4.98 Å². The molecule has 20 heavy (non-hydrogen) atoms. The summed E-state index contributed by atoms with van der Waals surface area (Å²) in [6.07, 6.45) is 0.879. The summed E-state index contributed by atoms with van der Waals surface area (Å²) in [6.45, 7) is 8.71. The van der Waals surface area contributed by atoms with E-state index in [4.69, 9.17) is 5.84 Å². The molecule has 2 rings (SSSR count). The highest BCUT2D eigenvalue weighted by Crippen LogP contribution is 2.26. The number of rotatable bonds is 4. The quantitative estimate of drug-likeness (QED) is 0.669. The lowest BCUT2D eigenvalue weighted by Crippen LogP contribution is -2.29. The molecule has 0 aliphatic heterocycles. The van der Waals surface area contributed by atoms with Gasteiger partial charge < -0.3 is 0 Å². The average Bonchev–Trinajstić information content (AvgIpc) is 2.82. The molecule has 1 unspecified atom stereocenters. The first-order valence-corrected chi connectivity index (χ1v) is 7.75. The number of hydrogen-bond acceptors (Lipinski definition) is 4. The van der Waals surface area contributed by atoms with E-state index in [0.29, 0.717) is 0 Å². The number of nitrogens with two attached hydrogens (primary N) is 1. The molecule has 0 aliphatic carbocycles. The first kappa shape index (κ1) is 15.2. The monoisotopic (exact) mass is 289 g/mol. The van der Waals surface area contributed by atoms with E-state index in [0.717, 1.165) is 12.1 Å². The van der Waals surface area contributed by atoms with Crippen molar-refractivity contribution in [3.63, 3.8) is 0 Å². The van der Waals surface area contributed by atoms with Crippen LogP contribution in [0.2, 0.25) is 0 Å². The Kier molecular flexibility index (Phi) is 4.58. The van der Waals surface area contributed by atoms with Gasteiger partial charge in [0.2, 0.25) is 0 Å². The van der Waals surface area contributed by atoms with Gasteiger partial charge in [-0.15, -0.1) is 11.3 Å². The van der Waals surface area contributed by atoms with Gasteiger partial charge in [0.15, 0.2) is 0 Å².